The Morgan fingerprint density at radius 1 is 0.657 bits per heavy atom. The van der Waals surface area contributed by atoms with Crippen LogP contribution in [0, 0.1) is 23.3 Å². The van der Waals surface area contributed by atoms with E-state index in [4.69, 9.17) is 21.5 Å². The lowest BCUT2D eigenvalue weighted by molar-refractivity contribution is 0.102. The number of pyridine rings is 2. The number of aromatic nitrogens is 4. The van der Waals surface area contributed by atoms with Crippen molar-refractivity contribution in [1.82, 2.24) is 19.9 Å². The van der Waals surface area contributed by atoms with Gasteiger partial charge < -0.3 is 31.5 Å². The fourth-order valence-corrected chi connectivity index (χ4v) is 9.47. The number of halogens is 5. The molecule has 0 fully saturated rings. The van der Waals surface area contributed by atoms with E-state index in [1.165, 1.54) is 24.7 Å². The van der Waals surface area contributed by atoms with Gasteiger partial charge in [-0.2, -0.15) is 0 Å². The zero-order chi connectivity index (χ0) is 51.1. The number of benzene rings is 4. The first-order valence-electron chi connectivity index (χ1n) is 20.9. The fourth-order valence-electron chi connectivity index (χ4n) is 6.88. The van der Waals surface area contributed by atoms with E-state index in [1.807, 2.05) is 6.07 Å². The molecule has 8 aromatic rings. The van der Waals surface area contributed by atoms with E-state index in [0.29, 0.717) is 61.8 Å². The first-order chi connectivity index (χ1) is 33.1. The summed E-state index contributed by atoms with van der Waals surface area (Å²) in [4.78, 5) is 39.9. The standard InChI is InChI=1S/C23H20F2N4O3S.C17H14BrF2N3O3S.C6H8BNO2/c1-2-8-33(31,32)29-19-7-6-18(24)20(21(19)25)22(30)17-12-28-23-16(17)10-14(11-27-23)13-4-3-5-15(26)9-13;1-2-5-27(25,26)23-13-4-3-12(19)14(15(13)20)16(24)11-8-22-17-10(11)6-9(18)7-21-17;8-6-3-1-2-5(4-6)7(9)10/h3-7,9-12,29H,2,8,26H2,1H3,(H,27,28);3-4,6-8,23H,2,5H2,1H3,(H,21,22);1-4,9-10H,8H2. The molecule has 0 amide bonds. The number of nitrogens with one attached hydrogen (secondary N) is 4. The van der Waals surface area contributed by atoms with Gasteiger partial charge in [0.25, 0.3) is 0 Å². The normalized spacial score (nSPS) is 11.3. The van der Waals surface area contributed by atoms with Gasteiger partial charge in [0, 0.05) is 68.1 Å². The van der Waals surface area contributed by atoms with E-state index in [0.717, 1.165) is 29.8 Å². The van der Waals surface area contributed by atoms with E-state index in [-0.39, 0.29) is 22.6 Å². The van der Waals surface area contributed by atoms with Crippen LogP contribution in [-0.4, -0.2) is 77.0 Å². The number of sulfonamides is 2. The highest BCUT2D eigenvalue weighted by molar-refractivity contribution is 9.10. The van der Waals surface area contributed by atoms with Crippen LogP contribution in [0.3, 0.4) is 0 Å². The smallest absolute Gasteiger partial charge is 0.423 e. The highest BCUT2D eigenvalue weighted by Crippen LogP contribution is 2.31. The number of nitrogens with two attached hydrogens (primary N) is 2. The first kappa shape index (κ1) is 52.3. The number of aromatic amines is 2. The minimum absolute atomic E-state index is 0.00498. The molecular weight excluding hydrogens is 1020 g/mol. The summed E-state index contributed by atoms with van der Waals surface area (Å²) in [6.45, 7) is 3.30. The van der Waals surface area contributed by atoms with Crippen LogP contribution >= 0.6 is 15.9 Å². The van der Waals surface area contributed by atoms with Gasteiger partial charge in [-0.25, -0.2) is 44.4 Å². The largest absolute Gasteiger partial charge is 0.488 e. The Morgan fingerprint density at radius 3 is 1.59 bits per heavy atom. The number of carbonyl (C=O) groups is 2. The van der Waals surface area contributed by atoms with Crippen molar-refractivity contribution in [2.75, 3.05) is 32.4 Å². The summed E-state index contributed by atoms with van der Waals surface area (Å²) in [5.74, 6) is -7.08. The lowest BCUT2D eigenvalue weighted by Crippen LogP contribution is -2.29. The van der Waals surface area contributed by atoms with E-state index >= 15 is 4.39 Å². The summed E-state index contributed by atoms with van der Waals surface area (Å²) in [7, 11) is -9.07. The Bertz CT molecular complexity index is 3490. The molecule has 8 rings (SSSR count). The summed E-state index contributed by atoms with van der Waals surface area (Å²) >= 11 is 3.23. The molecule has 4 heterocycles. The molecule has 0 aliphatic rings. The van der Waals surface area contributed by atoms with Crippen LogP contribution in [0.4, 0.5) is 40.3 Å². The number of hydrogen-bond donors (Lipinski definition) is 8. The van der Waals surface area contributed by atoms with Gasteiger partial charge in [0.2, 0.25) is 31.6 Å². The van der Waals surface area contributed by atoms with Crippen molar-refractivity contribution in [1.29, 1.82) is 0 Å². The molecule has 4 aromatic carbocycles. The van der Waals surface area contributed by atoms with E-state index < -0.39 is 84.5 Å². The van der Waals surface area contributed by atoms with Gasteiger partial charge in [-0.1, -0.05) is 38.1 Å². The number of hydrogen-bond acceptors (Lipinski definition) is 12. The molecular formula is C46H42BBrF4N8O8S2. The van der Waals surface area contributed by atoms with Crippen molar-refractivity contribution in [3.8, 4) is 11.1 Å². The molecule has 0 aliphatic carbocycles. The second kappa shape index (κ2) is 22.1. The zero-order valence-electron chi connectivity index (χ0n) is 36.9. The van der Waals surface area contributed by atoms with Crippen LogP contribution in [0.2, 0.25) is 0 Å². The van der Waals surface area contributed by atoms with Gasteiger partial charge in [-0.05, 0) is 100 Å². The molecule has 0 saturated heterocycles. The van der Waals surface area contributed by atoms with Crippen molar-refractivity contribution >= 4 is 105 Å². The predicted octanol–water partition coefficient (Wildman–Crippen LogP) is 7.41. The third kappa shape index (κ3) is 12.4. The number of nitrogen functional groups attached to an aromatic ring is 2. The molecule has 10 N–H and O–H groups in total. The average Bonchev–Trinajstić information content (AvgIpc) is 3.93. The minimum atomic E-state index is -3.84. The minimum Gasteiger partial charge on any atom is -0.423 e. The molecule has 0 saturated carbocycles. The molecule has 70 heavy (non-hydrogen) atoms. The number of fused-ring (bicyclic) bond motifs is 2. The van der Waals surface area contributed by atoms with Crippen LogP contribution in [0.25, 0.3) is 33.2 Å². The van der Waals surface area contributed by atoms with Crippen LogP contribution in [0.5, 0.6) is 0 Å². The Labute approximate surface area is 407 Å². The fraction of sp³-hybridized carbons (Fsp3) is 0.130. The molecule has 4 aromatic heterocycles. The van der Waals surface area contributed by atoms with Crippen molar-refractivity contribution in [3.05, 3.63) is 160 Å². The van der Waals surface area contributed by atoms with Gasteiger partial charge in [-0.15, -0.1) is 0 Å². The third-order valence-corrected chi connectivity index (χ3v) is 13.4. The molecule has 0 bridgehead atoms. The van der Waals surface area contributed by atoms with E-state index in [2.05, 4.69) is 45.3 Å². The molecule has 0 aliphatic heterocycles. The molecule has 24 heteroatoms. The number of anilines is 4. The lowest BCUT2D eigenvalue weighted by Gasteiger charge is -2.11. The second-order valence-electron chi connectivity index (χ2n) is 15.3. The molecule has 0 atom stereocenters. The van der Waals surface area contributed by atoms with Crippen molar-refractivity contribution in [2.45, 2.75) is 26.7 Å². The topological polar surface area (TPSA) is 276 Å². The lowest BCUT2D eigenvalue weighted by atomic mass is 9.80. The number of rotatable bonds is 14. The first-order valence-corrected chi connectivity index (χ1v) is 25.0. The van der Waals surface area contributed by atoms with Crippen LogP contribution in [0.15, 0.2) is 114 Å². The quantitative estimate of drug-likeness (QED) is 0.0229. The van der Waals surface area contributed by atoms with Crippen molar-refractivity contribution in [2.24, 2.45) is 0 Å². The van der Waals surface area contributed by atoms with Gasteiger partial charge in [0.15, 0.2) is 11.6 Å². The third-order valence-electron chi connectivity index (χ3n) is 10.1. The summed E-state index contributed by atoms with van der Waals surface area (Å²) in [6, 6.07) is 20.4. The van der Waals surface area contributed by atoms with E-state index in [9.17, 15) is 39.6 Å². The van der Waals surface area contributed by atoms with E-state index in [1.54, 1.807) is 68.6 Å². The molecule has 0 unspecified atom stereocenters. The van der Waals surface area contributed by atoms with Gasteiger partial charge in [-0.3, -0.25) is 19.0 Å². The predicted molar refractivity (Wildman–Crippen MR) is 265 cm³/mol. The average molecular weight is 1070 g/mol. The number of carbonyl (C=O) groups excluding carboxylic acids is 2. The highest BCUT2D eigenvalue weighted by atomic mass is 79.9. The maximum absolute atomic E-state index is 15.1. The Kier molecular flexibility index (Phi) is 16.5. The number of ketones is 2. The van der Waals surface area contributed by atoms with Gasteiger partial charge in [0.05, 0.1) is 34.0 Å². The second-order valence-corrected chi connectivity index (χ2v) is 19.9. The molecule has 0 spiro atoms. The number of H-pyrrole nitrogens is 2. The Hall–Kier alpha value is -7.12. The summed E-state index contributed by atoms with van der Waals surface area (Å²) in [5.41, 5.74) is 12.2. The van der Waals surface area contributed by atoms with Crippen molar-refractivity contribution in [3.63, 3.8) is 0 Å². The highest BCUT2D eigenvalue weighted by Gasteiger charge is 2.28. The Morgan fingerprint density at radius 2 is 1.13 bits per heavy atom. The molecule has 0 radical (unpaired) electrons. The van der Waals surface area contributed by atoms with Crippen LogP contribution in [-0.2, 0) is 20.0 Å². The summed E-state index contributed by atoms with van der Waals surface area (Å²) in [6.07, 6.45) is 6.35. The van der Waals surface area contributed by atoms with Crippen LogP contribution in [0.1, 0.15) is 58.5 Å². The maximum Gasteiger partial charge on any atom is 0.488 e. The monoisotopic (exact) mass is 1060 g/mol. The SMILES string of the molecule is CCCS(=O)(=O)Nc1ccc(F)c(C(=O)c2c[nH]c3ncc(-c4cccc(N)c4)cc23)c1F.CCCS(=O)(=O)Nc1ccc(F)c(C(=O)c2c[nH]c3ncc(Br)cc23)c1F.Nc1cccc(B(O)O)c1. The summed E-state index contributed by atoms with van der Waals surface area (Å²) in [5, 5.41) is 18.0. The maximum atomic E-state index is 15.1. The zero-order valence-corrected chi connectivity index (χ0v) is 40.1. The molecule has 16 nitrogen and oxygen atoms in total. The molecule has 364 valence electrons. The summed E-state index contributed by atoms with van der Waals surface area (Å²) < 4.78 is 111. The van der Waals surface area contributed by atoms with Gasteiger partial charge in [0.1, 0.15) is 22.9 Å². The number of nitrogens with zero attached hydrogens (tertiary/aromatic N) is 2. The van der Waals surface area contributed by atoms with Gasteiger partial charge >= 0.3 is 7.12 Å². The van der Waals surface area contributed by atoms with Crippen LogP contribution < -0.4 is 26.4 Å². The Balaban J connectivity index is 0.000000194. The van der Waals surface area contributed by atoms with Crippen molar-refractivity contribution < 1.29 is 54.0 Å².